The maximum atomic E-state index is 14.1. The van der Waals surface area contributed by atoms with Gasteiger partial charge in [0.25, 0.3) is 11.8 Å². The molecule has 138 valence electrons. The second kappa shape index (κ2) is 7.61. The summed E-state index contributed by atoms with van der Waals surface area (Å²) in [5.41, 5.74) is -0.165. The molecular weight excluding hydrogens is 487 g/mol. The van der Waals surface area contributed by atoms with Gasteiger partial charge in [0.2, 0.25) is 0 Å². The van der Waals surface area contributed by atoms with Crippen LogP contribution in [-0.2, 0) is 9.59 Å². The van der Waals surface area contributed by atoms with Gasteiger partial charge in [-0.05, 0) is 46.3 Å². The number of imide groups is 2. The van der Waals surface area contributed by atoms with E-state index in [1.54, 1.807) is 12.1 Å². The molecule has 0 saturated carbocycles. The standard InChI is InChI=1S/C18H11Br2FN2O4/c1-27-15-9(6-10(19)8-12(15)20)7-11-16(24)22-18(26)23(17(11)25)14-5-3-2-4-13(14)21/h2-8H,1H3,(H,22,24,26)/b11-7+. The van der Waals surface area contributed by atoms with Crippen molar-refractivity contribution in [1.82, 2.24) is 5.32 Å². The highest BCUT2D eigenvalue weighted by Gasteiger charge is 2.38. The number of hydrogen-bond donors (Lipinski definition) is 1. The molecule has 0 unspecified atom stereocenters. The molecular formula is C18H11Br2FN2O4. The number of nitrogens with one attached hydrogen (secondary N) is 1. The fraction of sp³-hybridized carbons (Fsp3) is 0.0556. The highest BCUT2D eigenvalue weighted by molar-refractivity contribution is 9.11. The van der Waals surface area contributed by atoms with E-state index in [1.165, 1.54) is 31.4 Å². The zero-order valence-corrected chi connectivity index (χ0v) is 16.9. The van der Waals surface area contributed by atoms with Crippen molar-refractivity contribution in [3.05, 3.63) is 62.3 Å². The second-order valence-electron chi connectivity index (χ2n) is 5.42. The van der Waals surface area contributed by atoms with Crippen molar-refractivity contribution < 1.29 is 23.5 Å². The third kappa shape index (κ3) is 3.65. The van der Waals surface area contributed by atoms with Crippen LogP contribution in [0.2, 0.25) is 0 Å². The van der Waals surface area contributed by atoms with Gasteiger partial charge in [-0.1, -0.05) is 28.1 Å². The van der Waals surface area contributed by atoms with Crippen molar-refractivity contribution >= 4 is 61.5 Å². The normalized spacial score (nSPS) is 15.9. The topological polar surface area (TPSA) is 75.7 Å². The third-order valence-electron chi connectivity index (χ3n) is 3.74. The van der Waals surface area contributed by atoms with Crippen LogP contribution in [0.15, 0.2) is 50.9 Å². The Morgan fingerprint density at radius 3 is 2.52 bits per heavy atom. The first-order chi connectivity index (χ1) is 12.8. The second-order valence-corrected chi connectivity index (χ2v) is 7.19. The van der Waals surface area contributed by atoms with E-state index in [4.69, 9.17) is 4.74 Å². The lowest BCUT2D eigenvalue weighted by Gasteiger charge is -2.26. The minimum Gasteiger partial charge on any atom is -0.495 e. The minimum atomic E-state index is -1.02. The minimum absolute atomic E-state index is 0.249. The summed E-state index contributed by atoms with van der Waals surface area (Å²) in [6.45, 7) is 0. The lowest BCUT2D eigenvalue weighted by molar-refractivity contribution is -0.122. The number of ether oxygens (including phenoxy) is 1. The number of halogens is 3. The van der Waals surface area contributed by atoms with Crippen molar-refractivity contribution in [2.75, 3.05) is 12.0 Å². The van der Waals surface area contributed by atoms with Gasteiger partial charge in [-0.15, -0.1) is 0 Å². The SMILES string of the molecule is COc1c(Br)cc(Br)cc1/C=C1\C(=O)NC(=O)N(c2ccccc2F)C1=O. The molecule has 0 spiro atoms. The van der Waals surface area contributed by atoms with Gasteiger partial charge in [-0.3, -0.25) is 14.9 Å². The number of para-hydroxylation sites is 1. The number of anilines is 1. The van der Waals surface area contributed by atoms with Crippen LogP contribution in [0.4, 0.5) is 14.9 Å². The Balaban J connectivity index is 2.12. The van der Waals surface area contributed by atoms with Gasteiger partial charge in [-0.2, -0.15) is 0 Å². The molecule has 1 N–H and O–H groups in total. The molecule has 1 heterocycles. The monoisotopic (exact) mass is 496 g/mol. The van der Waals surface area contributed by atoms with E-state index in [1.807, 2.05) is 0 Å². The predicted molar refractivity (Wildman–Crippen MR) is 104 cm³/mol. The number of hydrogen-bond acceptors (Lipinski definition) is 4. The lowest BCUT2D eigenvalue weighted by atomic mass is 10.1. The molecule has 1 saturated heterocycles. The van der Waals surface area contributed by atoms with Gasteiger partial charge in [0, 0.05) is 10.0 Å². The number of carbonyl (C=O) groups excluding carboxylic acids is 3. The molecule has 27 heavy (non-hydrogen) atoms. The number of nitrogens with zero attached hydrogens (tertiary/aromatic N) is 1. The number of benzene rings is 2. The lowest BCUT2D eigenvalue weighted by Crippen LogP contribution is -2.54. The quantitative estimate of drug-likeness (QED) is 0.513. The molecule has 3 rings (SSSR count). The molecule has 1 aliphatic rings. The van der Waals surface area contributed by atoms with Gasteiger partial charge >= 0.3 is 6.03 Å². The summed E-state index contributed by atoms with van der Waals surface area (Å²) in [5.74, 6) is -2.19. The van der Waals surface area contributed by atoms with Gasteiger partial charge in [0.1, 0.15) is 17.1 Å². The van der Waals surface area contributed by atoms with Crippen LogP contribution in [0.25, 0.3) is 6.08 Å². The zero-order chi connectivity index (χ0) is 19.7. The molecule has 2 aromatic carbocycles. The van der Waals surface area contributed by atoms with Crippen molar-refractivity contribution in [2.24, 2.45) is 0 Å². The number of carbonyl (C=O) groups is 3. The summed E-state index contributed by atoms with van der Waals surface area (Å²) < 4.78 is 20.7. The summed E-state index contributed by atoms with van der Waals surface area (Å²) in [7, 11) is 1.44. The molecule has 1 fully saturated rings. The molecule has 0 aliphatic carbocycles. The Bertz CT molecular complexity index is 1010. The fourth-order valence-electron chi connectivity index (χ4n) is 2.57. The van der Waals surface area contributed by atoms with Crippen molar-refractivity contribution in [3.63, 3.8) is 0 Å². The molecule has 4 amide bonds. The van der Waals surface area contributed by atoms with Crippen LogP contribution in [0, 0.1) is 5.82 Å². The van der Waals surface area contributed by atoms with Gasteiger partial charge in [-0.25, -0.2) is 14.1 Å². The first-order valence-electron chi connectivity index (χ1n) is 7.52. The van der Waals surface area contributed by atoms with Gasteiger partial charge < -0.3 is 4.74 Å². The largest absolute Gasteiger partial charge is 0.495 e. The van der Waals surface area contributed by atoms with Crippen LogP contribution in [-0.4, -0.2) is 25.0 Å². The Kier molecular flexibility index (Phi) is 5.43. The average molecular weight is 498 g/mol. The molecule has 0 radical (unpaired) electrons. The van der Waals surface area contributed by atoms with Crippen molar-refractivity contribution in [2.45, 2.75) is 0 Å². The zero-order valence-electron chi connectivity index (χ0n) is 13.8. The Morgan fingerprint density at radius 2 is 1.85 bits per heavy atom. The summed E-state index contributed by atoms with van der Waals surface area (Å²) >= 11 is 6.66. The maximum Gasteiger partial charge on any atom is 0.336 e. The van der Waals surface area contributed by atoms with E-state index in [-0.39, 0.29) is 11.3 Å². The Hall–Kier alpha value is -2.52. The predicted octanol–water partition coefficient (Wildman–Crippen LogP) is 4.03. The molecule has 0 bridgehead atoms. The third-order valence-corrected chi connectivity index (χ3v) is 4.78. The van der Waals surface area contributed by atoms with E-state index in [2.05, 4.69) is 37.2 Å². The summed E-state index contributed by atoms with van der Waals surface area (Å²) in [6.07, 6.45) is 1.28. The van der Waals surface area contributed by atoms with Crippen molar-refractivity contribution in [3.8, 4) is 5.75 Å². The first kappa shape index (κ1) is 19.2. The molecule has 9 heteroatoms. The van der Waals surface area contributed by atoms with E-state index in [0.717, 1.165) is 6.07 Å². The molecule has 2 aromatic rings. The molecule has 0 aromatic heterocycles. The van der Waals surface area contributed by atoms with E-state index in [0.29, 0.717) is 25.2 Å². The number of barbiturate groups is 1. The highest BCUT2D eigenvalue weighted by Crippen LogP contribution is 2.34. The maximum absolute atomic E-state index is 14.1. The Labute approximate surface area is 170 Å². The van der Waals surface area contributed by atoms with Gasteiger partial charge in [0.05, 0.1) is 17.3 Å². The van der Waals surface area contributed by atoms with Crippen LogP contribution in [0.3, 0.4) is 0 Å². The molecule has 6 nitrogen and oxygen atoms in total. The highest BCUT2D eigenvalue weighted by atomic mass is 79.9. The molecule has 1 aliphatic heterocycles. The van der Waals surface area contributed by atoms with Crippen LogP contribution < -0.4 is 15.0 Å². The average Bonchev–Trinajstić information content (AvgIpc) is 2.59. The summed E-state index contributed by atoms with van der Waals surface area (Å²) in [5, 5.41) is 2.05. The smallest absolute Gasteiger partial charge is 0.336 e. The van der Waals surface area contributed by atoms with Crippen LogP contribution in [0.1, 0.15) is 5.56 Å². The number of methoxy groups -OCH3 is 1. The number of urea groups is 1. The van der Waals surface area contributed by atoms with E-state index in [9.17, 15) is 18.8 Å². The Morgan fingerprint density at radius 1 is 1.15 bits per heavy atom. The number of amides is 4. The summed E-state index contributed by atoms with van der Waals surface area (Å²) in [6, 6.07) is 7.65. The van der Waals surface area contributed by atoms with Gasteiger partial charge in [0.15, 0.2) is 0 Å². The molecule has 0 atom stereocenters. The van der Waals surface area contributed by atoms with Crippen LogP contribution in [0.5, 0.6) is 5.75 Å². The fourth-order valence-corrected chi connectivity index (χ4v) is 3.99. The van der Waals surface area contributed by atoms with E-state index >= 15 is 0 Å². The summed E-state index contributed by atoms with van der Waals surface area (Å²) in [4.78, 5) is 37.8. The number of rotatable bonds is 3. The first-order valence-corrected chi connectivity index (χ1v) is 9.11. The van der Waals surface area contributed by atoms with Crippen molar-refractivity contribution in [1.29, 1.82) is 0 Å². The van der Waals surface area contributed by atoms with E-state index < -0.39 is 23.7 Å². The van der Waals surface area contributed by atoms with Crippen LogP contribution >= 0.6 is 31.9 Å².